The van der Waals surface area contributed by atoms with Crippen molar-refractivity contribution in [1.82, 2.24) is 15.0 Å². The molecule has 0 unspecified atom stereocenters. The fourth-order valence-electron chi connectivity index (χ4n) is 1.30. The van der Waals surface area contributed by atoms with E-state index in [2.05, 4.69) is 17.2 Å². The topological polar surface area (TPSA) is 56.7 Å². The molecule has 0 atom stereocenters. The molecule has 72 valence electrons. The summed E-state index contributed by atoms with van der Waals surface area (Å²) in [5, 5.41) is 7.80. The Kier molecular flexibility index (Phi) is 2.28. The highest BCUT2D eigenvalue weighted by Gasteiger charge is 2.03. The van der Waals surface area contributed by atoms with Gasteiger partial charge in [0.15, 0.2) is 0 Å². The average molecular weight is 188 g/mol. The Morgan fingerprint density at radius 1 is 1.29 bits per heavy atom. The van der Waals surface area contributed by atoms with E-state index >= 15 is 0 Å². The summed E-state index contributed by atoms with van der Waals surface area (Å²) in [5.74, 6) is 0. The van der Waals surface area contributed by atoms with Gasteiger partial charge in [-0.1, -0.05) is 22.9 Å². The Balaban J connectivity index is 2.44. The lowest BCUT2D eigenvalue weighted by atomic mass is 10.2. The number of hydrogen-bond acceptors (Lipinski definition) is 3. The van der Waals surface area contributed by atoms with E-state index in [4.69, 9.17) is 5.73 Å². The van der Waals surface area contributed by atoms with Crippen LogP contribution in [-0.4, -0.2) is 15.0 Å². The number of nitrogens with two attached hydrogens (primary N) is 1. The van der Waals surface area contributed by atoms with Gasteiger partial charge in [-0.3, -0.25) is 0 Å². The van der Waals surface area contributed by atoms with Gasteiger partial charge in [0, 0.05) is 6.54 Å². The van der Waals surface area contributed by atoms with E-state index in [9.17, 15) is 0 Å². The molecule has 0 spiro atoms. The summed E-state index contributed by atoms with van der Waals surface area (Å²) in [5.41, 5.74) is 8.69. The zero-order valence-electron chi connectivity index (χ0n) is 8.01. The van der Waals surface area contributed by atoms with Crippen LogP contribution in [0, 0.1) is 6.92 Å². The smallest absolute Gasteiger partial charge is 0.0781 e. The van der Waals surface area contributed by atoms with Crippen molar-refractivity contribution in [3.05, 3.63) is 41.7 Å². The molecule has 0 saturated carbocycles. The zero-order chi connectivity index (χ0) is 9.97. The summed E-state index contributed by atoms with van der Waals surface area (Å²) in [6, 6.07) is 8.08. The maximum absolute atomic E-state index is 5.56. The van der Waals surface area contributed by atoms with E-state index < -0.39 is 0 Å². The monoisotopic (exact) mass is 188 g/mol. The van der Waals surface area contributed by atoms with Gasteiger partial charge in [-0.25, -0.2) is 4.68 Å². The molecule has 2 N–H and O–H groups in total. The van der Waals surface area contributed by atoms with Gasteiger partial charge in [0.25, 0.3) is 0 Å². The van der Waals surface area contributed by atoms with E-state index in [0.717, 1.165) is 11.4 Å². The van der Waals surface area contributed by atoms with Crippen molar-refractivity contribution in [2.24, 2.45) is 5.73 Å². The number of hydrogen-bond donors (Lipinski definition) is 1. The molecule has 0 radical (unpaired) electrons. The van der Waals surface area contributed by atoms with E-state index in [1.807, 2.05) is 24.3 Å². The summed E-state index contributed by atoms with van der Waals surface area (Å²) in [4.78, 5) is 0. The number of aromatic nitrogens is 3. The van der Waals surface area contributed by atoms with Gasteiger partial charge in [0.1, 0.15) is 0 Å². The maximum Gasteiger partial charge on any atom is 0.0781 e. The lowest BCUT2D eigenvalue weighted by Gasteiger charge is -2.03. The fraction of sp³-hybridized carbons (Fsp3) is 0.200. The van der Waals surface area contributed by atoms with Gasteiger partial charge in [0.05, 0.1) is 17.6 Å². The van der Waals surface area contributed by atoms with E-state index in [1.165, 1.54) is 5.56 Å². The minimum absolute atomic E-state index is 0.445. The lowest BCUT2D eigenvalue weighted by molar-refractivity contribution is 0.761. The standard InChI is InChI=1S/C10H12N4/c1-8-2-4-9(5-3-8)14-10(6-11)7-12-13-14/h2-5,7H,6,11H2,1H3. The van der Waals surface area contributed by atoms with Gasteiger partial charge in [0.2, 0.25) is 0 Å². The molecule has 1 aromatic carbocycles. The van der Waals surface area contributed by atoms with Gasteiger partial charge >= 0.3 is 0 Å². The lowest BCUT2D eigenvalue weighted by Crippen LogP contribution is -2.06. The molecule has 0 aliphatic rings. The Hall–Kier alpha value is -1.68. The highest BCUT2D eigenvalue weighted by Crippen LogP contribution is 2.09. The molecule has 1 aromatic heterocycles. The Bertz CT molecular complexity index is 416. The summed E-state index contributed by atoms with van der Waals surface area (Å²) < 4.78 is 1.75. The molecule has 4 nitrogen and oxygen atoms in total. The number of aryl methyl sites for hydroxylation is 1. The van der Waals surface area contributed by atoms with Crippen molar-refractivity contribution in [2.75, 3.05) is 0 Å². The van der Waals surface area contributed by atoms with Crippen LogP contribution in [0.25, 0.3) is 5.69 Å². The van der Waals surface area contributed by atoms with Crippen LogP contribution < -0.4 is 5.73 Å². The van der Waals surface area contributed by atoms with Crippen LogP contribution >= 0.6 is 0 Å². The van der Waals surface area contributed by atoms with Crippen molar-refractivity contribution >= 4 is 0 Å². The highest BCUT2D eigenvalue weighted by atomic mass is 15.4. The van der Waals surface area contributed by atoms with Crippen molar-refractivity contribution in [1.29, 1.82) is 0 Å². The van der Waals surface area contributed by atoms with E-state index in [0.29, 0.717) is 6.54 Å². The van der Waals surface area contributed by atoms with Crippen molar-refractivity contribution in [3.8, 4) is 5.69 Å². The molecule has 0 bridgehead atoms. The van der Waals surface area contributed by atoms with Crippen molar-refractivity contribution in [3.63, 3.8) is 0 Å². The molecule has 14 heavy (non-hydrogen) atoms. The van der Waals surface area contributed by atoms with Crippen LogP contribution in [-0.2, 0) is 6.54 Å². The first-order chi connectivity index (χ1) is 6.81. The van der Waals surface area contributed by atoms with Crippen molar-refractivity contribution < 1.29 is 0 Å². The first-order valence-electron chi connectivity index (χ1n) is 4.48. The minimum Gasteiger partial charge on any atom is -0.325 e. The Morgan fingerprint density at radius 2 is 2.00 bits per heavy atom. The van der Waals surface area contributed by atoms with Gasteiger partial charge < -0.3 is 5.73 Å². The maximum atomic E-state index is 5.56. The third kappa shape index (κ3) is 1.52. The van der Waals surface area contributed by atoms with Crippen LogP contribution in [0.15, 0.2) is 30.5 Å². The summed E-state index contributed by atoms with van der Waals surface area (Å²) >= 11 is 0. The summed E-state index contributed by atoms with van der Waals surface area (Å²) in [7, 11) is 0. The second-order valence-corrected chi connectivity index (χ2v) is 3.18. The van der Waals surface area contributed by atoms with Crippen LogP contribution in [0.4, 0.5) is 0 Å². The second kappa shape index (κ2) is 3.59. The molecule has 1 heterocycles. The van der Waals surface area contributed by atoms with E-state index in [1.54, 1.807) is 10.9 Å². The predicted molar refractivity (Wildman–Crippen MR) is 54.0 cm³/mol. The quantitative estimate of drug-likeness (QED) is 0.766. The molecule has 0 aliphatic heterocycles. The van der Waals surface area contributed by atoms with Crippen LogP contribution in [0.1, 0.15) is 11.3 Å². The molecule has 2 aromatic rings. The van der Waals surface area contributed by atoms with Gasteiger partial charge in [-0.05, 0) is 19.1 Å². The van der Waals surface area contributed by atoms with Gasteiger partial charge in [-0.2, -0.15) is 0 Å². The van der Waals surface area contributed by atoms with E-state index in [-0.39, 0.29) is 0 Å². The Morgan fingerprint density at radius 3 is 2.64 bits per heavy atom. The second-order valence-electron chi connectivity index (χ2n) is 3.18. The first kappa shape index (κ1) is 8.90. The molecular formula is C10H12N4. The van der Waals surface area contributed by atoms with Crippen LogP contribution in [0.3, 0.4) is 0 Å². The molecule has 0 fully saturated rings. The number of rotatable bonds is 2. The van der Waals surface area contributed by atoms with Crippen LogP contribution in [0.2, 0.25) is 0 Å². The molecule has 0 aliphatic carbocycles. The summed E-state index contributed by atoms with van der Waals surface area (Å²) in [6.07, 6.45) is 1.68. The highest BCUT2D eigenvalue weighted by molar-refractivity contribution is 5.34. The number of nitrogens with zero attached hydrogens (tertiary/aromatic N) is 3. The predicted octanol–water partition coefficient (Wildman–Crippen LogP) is 1.03. The van der Waals surface area contributed by atoms with Crippen molar-refractivity contribution in [2.45, 2.75) is 13.5 Å². The van der Waals surface area contributed by atoms with Gasteiger partial charge in [-0.15, -0.1) is 5.10 Å². The molecular weight excluding hydrogens is 176 g/mol. The largest absolute Gasteiger partial charge is 0.325 e. The molecule has 4 heteroatoms. The first-order valence-corrected chi connectivity index (χ1v) is 4.48. The molecule has 0 amide bonds. The number of benzene rings is 1. The van der Waals surface area contributed by atoms with Crippen LogP contribution in [0.5, 0.6) is 0 Å². The molecule has 0 saturated heterocycles. The third-order valence-corrected chi connectivity index (χ3v) is 2.11. The SMILES string of the molecule is Cc1ccc(-n2nncc2CN)cc1. The normalized spacial score (nSPS) is 10.4. The summed E-state index contributed by atoms with van der Waals surface area (Å²) in [6.45, 7) is 2.50. The fourth-order valence-corrected chi connectivity index (χ4v) is 1.30. The minimum atomic E-state index is 0.445. The zero-order valence-corrected chi connectivity index (χ0v) is 8.01. The Labute approximate surface area is 82.4 Å². The molecule has 2 rings (SSSR count). The third-order valence-electron chi connectivity index (χ3n) is 2.11. The average Bonchev–Trinajstić information content (AvgIpc) is 2.67.